The van der Waals surface area contributed by atoms with Crippen LogP contribution in [0.5, 0.6) is 0 Å². The van der Waals surface area contributed by atoms with E-state index in [1.54, 1.807) is 0 Å². The van der Waals surface area contributed by atoms with Crippen molar-refractivity contribution in [1.29, 1.82) is 0 Å². The van der Waals surface area contributed by atoms with Gasteiger partial charge in [0.2, 0.25) is 0 Å². The minimum absolute atomic E-state index is 0.00452. The summed E-state index contributed by atoms with van der Waals surface area (Å²) >= 11 is 1.32. The lowest BCUT2D eigenvalue weighted by Gasteiger charge is -2.32. The van der Waals surface area contributed by atoms with Gasteiger partial charge < -0.3 is 0 Å². The first-order valence-electron chi connectivity index (χ1n) is 9.33. The summed E-state index contributed by atoms with van der Waals surface area (Å²) < 4.78 is 14.4. The SMILES string of the molecule is CC(C)(C)c1nonc1C(C)(C)CCC(C)(C)c1nsnc1C(C)(C)C. The zero-order valence-corrected chi connectivity index (χ0v) is 18.8. The first kappa shape index (κ1) is 21.0. The minimum atomic E-state index is -0.120. The van der Waals surface area contributed by atoms with E-state index in [2.05, 4.69) is 88.3 Å². The quantitative estimate of drug-likeness (QED) is 0.682. The molecule has 0 fully saturated rings. The van der Waals surface area contributed by atoms with Crippen LogP contribution in [-0.2, 0) is 21.7 Å². The molecule has 0 aliphatic carbocycles. The van der Waals surface area contributed by atoms with E-state index in [-0.39, 0.29) is 21.7 Å². The van der Waals surface area contributed by atoms with Crippen LogP contribution in [-0.4, -0.2) is 19.1 Å². The smallest absolute Gasteiger partial charge is 0.114 e. The third kappa shape index (κ3) is 4.33. The molecule has 5 nitrogen and oxygen atoms in total. The molecule has 0 spiro atoms. The maximum atomic E-state index is 5.11. The topological polar surface area (TPSA) is 64.7 Å². The summed E-state index contributed by atoms with van der Waals surface area (Å²) in [6.07, 6.45) is 1.96. The highest BCUT2D eigenvalue weighted by Gasteiger charge is 2.37. The average Bonchev–Trinajstić information content (AvgIpc) is 3.13. The van der Waals surface area contributed by atoms with Crippen molar-refractivity contribution in [2.75, 3.05) is 0 Å². The van der Waals surface area contributed by atoms with Crippen molar-refractivity contribution in [3.63, 3.8) is 0 Å². The molecule has 0 unspecified atom stereocenters. The van der Waals surface area contributed by atoms with Gasteiger partial charge in [-0.3, -0.25) is 0 Å². The van der Waals surface area contributed by atoms with E-state index in [1.807, 2.05) is 0 Å². The molecule has 0 saturated carbocycles. The lowest BCUT2D eigenvalue weighted by atomic mass is 9.72. The Morgan fingerprint density at radius 1 is 0.615 bits per heavy atom. The van der Waals surface area contributed by atoms with Crippen LogP contribution < -0.4 is 0 Å². The maximum Gasteiger partial charge on any atom is 0.114 e. The summed E-state index contributed by atoms with van der Waals surface area (Å²) in [5.41, 5.74) is 3.91. The van der Waals surface area contributed by atoms with Crippen molar-refractivity contribution in [2.45, 2.75) is 104 Å². The Balaban J connectivity index is 2.25. The van der Waals surface area contributed by atoms with Crippen LogP contribution in [0.25, 0.3) is 0 Å². The molecule has 146 valence electrons. The summed E-state index contributed by atoms with van der Waals surface area (Å²) in [6.45, 7) is 22.0. The highest BCUT2D eigenvalue weighted by Crippen LogP contribution is 2.40. The first-order valence-corrected chi connectivity index (χ1v) is 10.1. The fraction of sp³-hybridized carbons (Fsp3) is 0.800. The predicted octanol–water partition coefficient (Wildman–Crippen LogP) is 5.55. The molecule has 0 aliphatic heterocycles. The fourth-order valence-electron chi connectivity index (χ4n) is 3.11. The van der Waals surface area contributed by atoms with Gasteiger partial charge in [0, 0.05) is 21.7 Å². The third-order valence-electron chi connectivity index (χ3n) is 5.05. The molecule has 0 atom stereocenters. The summed E-state index contributed by atoms with van der Waals surface area (Å²) in [4.78, 5) is 0. The lowest BCUT2D eigenvalue weighted by molar-refractivity contribution is 0.284. The second-order valence-electron chi connectivity index (χ2n) is 10.7. The van der Waals surface area contributed by atoms with Crippen LogP contribution in [0.2, 0.25) is 0 Å². The van der Waals surface area contributed by atoms with Crippen LogP contribution in [0, 0.1) is 0 Å². The summed E-state index contributed by atoms with van der Waals surface area (Å²) in [5, 5.41) is 8.45. The van der Waals surface area contributed by atoms with Gasteiger partial charge in [-0.2, -0.15) is 8.75 Å². The fourth-order valence-corrected chi connectivity index (χ4v) is 4.01. The zero-order valence-electron chi connectivity index (χ0n) is 18.0. The molecule has 2 heterocycles. The van der Waals surface area contributed by atoms with E-state index in [9.17, 15) is 0 Å². The average molecular weight is 379 g/mol. The van der Waals surface area contributed by atoms with E-state index in [0.29, 0.717) is 0 Å². The van der Waals surface area contributed by atoms with E-state index < -0.39 is 0 Å². The normalized spacial score (nSPS) is 14.1. The van der Waals surface area contributed by atoms with Gasteiger partial charge in [-0.15, -0.1) is 0 Å². The van der Waals surface area contributed by atoms with Crippen molar-refractivity contribution in [2.24, 2.45) is 0 Å². The molecule has 0 N–H and O–H groups in total. The molecule has 0 radical (unpaired) electrons. The van der Waals surface area contributed by atoms with Gasteiger partial charge >= 0.3 is 0 Å². The van der Waals surface area contributed by atoms with Crippen molar-refractivity contribution in [1.82, 2.24) is 19.1 Å². The van der Waals surface area contributed by atoms with Gasteiger partial charge in [-0.05, 0) is 12.8 Å². The Bertz CT molecular complexity index is 680. The van der Waals surface area contributed by atoms with Crippen LogP contribution in [0.1, 0.15) is 105 Å². The van der Waals surface area contributed by atoms with Crippen molar-refractivity contribution in [3.05, 3.63) is 22.8 Å². The predicted molar refractivity (Wildman–Crippen MR) is 107 cm³/mol. The van der Waals surface area contributed by atoms with Gasteiger partial charge in [-0.1, -0.05) is 79.6 Å². The van der Waals surface area contributed by atoms with Crippen LogP contribution >= 0.6 is 11.7 Å². The molecule has 0 saturated heterocycles. The van der Waals surface area contributed by atoms with Gasteiger partial charge in [-0.25, -0.2) is 4.63 Å². The number of hydrogen-bond acceptors (Lipinski definition) is 6. The van der Waals surface area contributed by atoms with E-state index in [0.717, 1.165) is 35.6 Å². The second-order valence-corrected chi connectivity index (χ2v) is 11.2. The number of rotatable bonds is 5. The van der Waals surface area contributed by atoms with Crippen molar-refractivity contribution in [3.8, 4) is 0 Å². The molecule has 0 bridgehead atoms. The highest BCUT2D eigenvalue weighted by molar-refractivity contribution is 6.99. The molecule has 26 heavy (non-hydrogen) atoms. The Hall–Kier alpha value is -1.30. The van der Waals surface area contributed by atoms with Crippen LogP contribution in [0.3, 0.4) is 0 Å². The van der Waals surface area contributed by atoms with E-state index in [4.69, 9.17) is 4.63 Å². The number of hydrogen-bond donors (Lipinski definition) is 0. The number of nitrogens with zero attached hydrogens (tertiary/aromatic N) is 4. The Morgan fingerprint density at radius 2 is 1.04 bits per heavy atom. The van der Waals surface area contributed by atoms with E-state index >= 15 is 0 Å². The molecular weight excluding hydrogens is 344 g/mol. The molecule has 2 aromatic rings. The monoisotopic (exact) mass is 378 g/mol. The molecule has 0 aliphatic rings. The largest absolute Gasteiger partial charge is 0.244 e. The second kappa shape index (κ2) is 6.70. The molecule has 0 amide bonds. The van der Waals surface area contributed by atoms with Crippen LogP contribution in [0.15, 0.2) is 4.63 Å². The maximum absolute atomic E-state index is 5.11. The molecular formula is C20H34N4OS. The van der Waals surface area contributed by atoms with Gasteiger partial charge in [0.1, 0.15) is 11.4 Å². The minimum Gasteiger partial charge on any atom is -0.244 e. The van der Waals surface area contributed by atoms with E-state index in [1.165, 1.54) is 11.7 Å². The molecule has 2 rings (SSSR count). The van der Waals surface area contributed by atoms with Gasteiger partial charge in [0.05, 0.1) is 23.1 Å². The lowest BCUT2D eigenvalue weighted by Crippen LogP contribution is -2.29. The molecule has 0 aromatic carbocycles. The highest BCUT2D eigenvalue weighted by atomic mass is 32.1. The summed E-state index contributed by atoms with van der Waals surface area (Å²) in [7, 11) is 0. The van der Waals surface area contributed by atoms with Gasteiger partial charge in [0.25, 0.3) is 0 Å². The Labute approximate surface area is 162 Å². The Morgan fingerprint density at radius 3 is 1.54 bits per heavy atom. The molecule has 2 aromatic heterocycles. The third-order valence-corrected chi connectivity index (χ3v) is 5.58. The standard InChI is InChI=1S/C20H34N4OS/c1-17(2,3)13-15(22-25-21-13)19(7,8)11-12-20(9,10)16-14(18(4,5)6)23-26-24-16/h11-12H2,1-10H3. The summed E-state index contributed by atoms with van der Waals surface area (Å²) in [5.74, 6) is 0. The van der Waals surface area contributed by atoms with Gasteiger partial charge in [0.15, 0.2) is 0 Å². The zero-order chi connectivity index (χ0) is 20.0. The van der Waals surface area contributed by atoms with Crippen molar-refractivity contribution >= 4 is 11.7 Å². The Kier molecular flexibility index (Phi) is 5.41. The summed E-state index contributed by atoms with van der Waals surface area (Å²) in [6, 6.07) is 0. The van der Waals surface area contributed by atoms with Crippen molar-refractivity contribution < 1.29 is 4.63 Å². The van der Waals surface area contributed by atoms with Crippen LogP contribution in [0.4, 0.5) is 0 Å². The number of aromatic nitrogens is 4. The first-order chi connectivity index (χ1) is 11.7. The molecule has 6 heteroatoms.